The predicted octanol–water partition coefficient (Wildman–Crippen LogP) is 2.85. The van der Waals surface area contributed by atoms with Crippen molar-refractivity contribution >= 4 is 23.3 Å². The highest BCUT2D eigenvalue weighted by atomic mass is 35.5. The molecule has 0 bridgehead atoms. The minimum absolute atomic E-state index is 0.119. The molecule has 1 fully saturated rings. The summed E-state index contributed by atoms with van der Waals surface area (Å²) >= 11 is 6.12. The molecule has 5 nitrogen and oxygen atoms in total. The minimum Gasteiger partial charge on any atom is -0.375 e. The first-order chi connectivity index (χ1) is 9.91. The maximum absolute atomic E-state index is 12.3. The van der Waals surface area contributed by atoms with E-state index in [-0.39, 0.29) is 17.6 Å². The Morgan fingerprint density at radius 3 is 2.95 bits per heavy atom. The van der Waals surface area contributed by atoms with Crippen LogP contribution < -0.4 is 10.6 Å². The number of rotatable bonds is 4. The molecular formula is C15H22ClN3O2. The monoisotopic (exact) mass is 311 g/mol. The molecule has 1 aliphatic rings. The Morgan fingerprint density at radius 1 is 1.57 bits per heavy atom. The molecule has 21 heavy (non-hydrogen) atoms. The van der Waals surface area contributed by atoms with E-state index < -0.39 is 0 Å². The second-order valence-electron chi connectivity index (χ2n) is 5.86. The third kappa shape index (κ3) is 4.32. The summed E-state index contributed by atoms with van der Waals surface area (Å²) in [5, 5.41) is 6.53. The molecule has 1 aliphatic heterocycles. The minimum atomic E-state index is -0.193. The van der Waals surface area contributed by atoms with Crippen LogP contribution in [0.5, 0.6) is 0 Å². The Hall–Kier alpha value is -1.33. The van der Waals surface area contributed by atoms with Gasteiger partial charge in [0.2, 0.25) is 0 Å². The number of ether oxygens (including phenoxy) is 1. The van der Waals surface area contributed by atoms with Gasteiger partial charge in [-0.05, 0) is 39.7 Å². The molecule has 0 spiro atoms. The van der Waals surface area contributed by atoms with Gasteiger partial charge in [-0.3, -0.25) is 4.79 Å². The SMILES string of the molecule is CCNc1ncc(C(=O)NC2CCOC(C)(C)C2)cc1Cl. The quantitative estimate of drug-likeness (QED) is 0.897. The number of halogens is 1. The zero-order valence-electron chi connectivity index (χ0n) is 12.7. The van der Waals surface area contributed by atoms with Crippen molar-refractivity contribution in [2.45, 2.75) is 45.3 Å². The number of nitrogens with zero attached hydrogens (tertiary/aromatic N) is 1. The number of aromatic nitrogens is 1. The van der Waals surface area contributed by atoms with Crippen molar-refractivity contribution in [3.63, 3.8) is 0 Å². The van der Waals surface area contributed by atoms with E-state index in [0.29, 0.717) is 23.0 Å². The zero-order valence-corrected chi connectivity index (χ0v) is 13.5. The molecule has 2 heterocycles. The van der Waals surface area contributed by atoms with Crippen molar-refractivity contribution < 1.29 is 9.53 Å². The lowest BCUT2D eigenvalue weighted by Gasteiger charge is -2.35. The molecule has 0 radical (unpaired) electrons. The van der Waals surface area contributed by atoms with Gasteiger partial charge in [-0.15, -0.1) is 0 Å². The average molecular weight is 312 g/mol. The van der Waals surface area contributed by atoms with Crippen LogP contribution in [0.15, 0.2) is 12.3 Å². The molecule has 2 N–H and O–H groups in total. The number of carbonyl (C=O) groups is 1. The van der Waals surface area contributed by atoms with Crippen LogP contribution in [0.1, 0.15) is 44.0 Å². The first-order valence-corrected chi connectivity index (χ1v) is 7.63. The molecule has 1 aromatic rings. The van der Waals surface area contributed by atoms with Gasteiger partial charge < -0.3 is 15.4 Å². The van der Waals surface area contributed by atoms with Gasteiger partial charge in [-0.25, -0.2) is 4.98 Å². The van der Waals surface area contributed by atoms with Crippen molar-refractivity contribution in [1.29, 1.82) is 0 Å². The van der Waals surface area contributed by atoms with Crippen LogP contribution in [0.3, 0.4) is 0 Å². The van der Waals surface area contributed by atoms with Gasteiger partial charge in [0.25, 0.3) is 5.91 Å². The largest absolute Gasteiger partial charge is 0.375 e. The molecule has 1 amide bonds. The first kappa shape index (κ1) is 16.0. The molecule has 1 saturated heterocycles. The van der Waals surface area contributed by atoms with Gasteiger partial charge in [0.1, 0.15) is 5.82 Å². The molecule has 0 aromatic carbocycles. The lowest BCUT2D eigenvalue weighted by atomic mass is 9.94. The summed E-state index contributed by atoms with van der Waals surface area (Å²) in [6.45, 7) is 7.43. The van der Waals surface area contributed by atoms with E-state index in [1.807, 2.05) is 20.8 Å². The van der Waals surface area contributed by atoms with E-state index in [0.717, 1.165) is 19.4 Å². The normalized spacial score (nSPS) is 20.9. The third-order valence-corrected chi connectivity index (χ3v) is 3.77. The molecule has 116 valence electrons. The number of pyridine rings is 1. The Balaban J connectivity index is 2.01. The van der Waals surface area contributed by atoms with Crippen LogP contribution >= 0.6 is 11.6 Å². The molecule has 2 rings (SSSR count). The fourth-order valence-electron chi connectivity index (χ4n) is 2.48. The molecule has 1 aromatic heterocycles. The second-order valence-corrected chi connectivity index (χ2v) is 6.26. The molecular weight excluding hydrogens is 290 g/mol. The molecule has 6 heteroatoms. The summed E-state index contributed by atoms with van der Waals surface area (Å²) in [6.07, 6.45) is 3.17. The van der Waals surface area contributed by atoms with Gasteiger partial charge in [-0.1, -0.05) is 11.6 Å². The third-order valence-electron chi connectivity index (χ3n) is 3.48. The molecule has 1 unspecified atom stereocenters. The number of amides is 1. The van der Waals surface area contributed by atoms with Gasteiger partial charge in [0.05, 0.1) is 16.2 Å². The fraction of sp³-hybridized carbons (Fsp3) is 0.600. The van der Waals surface area contributed by atoms with Crippen molar-refractivity contribution in [2.75, 3.05) is 18.5 Å². The topological polar surface area (TPSA) is 63.2 Å². The van der Waals surface area contributed by atoms with Crippen LogP contribution in [0, 0.1) is 0 Å². The lowest BCUT2D eigenvalue weighted by molar-refractivity contribution is -0.0615. The summed E-state index contributed by atoms with van der Waals surface area (Å²) in [5.74, 6) is 0.457. The number of hydrogen-bond acceptors (Lipinski definition) is 4. The van der Waals surface area contributed by atoms with E-state index >= 15 is 0 Å². The summed E-state index contributed by atoms with van der Waals surface area (Å²) in [7, 11) is 0. The maximum Gasteiger partial charge on any atom is 0.253 e. The fourth-order valence-corrected chi connectivity index (χ4v) is 2.72. The zero-order chi connectivity index (χ0) is 15.5. The molecule has 1 atom stereocenters. The van der Waals surface area contributed by atoms with Crippen LogP contribution in [-0.2, 0) is 4.74 Å². The van der Waals surface area contributed by atoms with Crippen molar-refractivity contribution in [3.8, 4) is 0 Å². The van der Waals surface area contributed by atoms with Crippen molar-refractivity contribution in [2.24, 2.45) is 0 Å². The summed E-state index contributed by atoms with van der Waals surface area (Å²) in [6, 6.07) is 1.76. The van der Waals surface area contributed by atoms with Gasteiger partial charge >= 0.3 is 0 Å². The van der Waals surface area contributed by atoms with Crippen LogP contribution in [0.4, 0.5) is 5.82 Å². The number of carbonyl (C=O) groups excluding carboxylic acids is 1. The number of anilines is 1. The Kier molecular flexibility index (Phi) is 5.06. The van der Waals surface area contributed by atoms with E-state index in [4.69, 9.17) is 16.3 Å². The van der Waals surface area contributed by atoms with Crippen molar-refractivity contribution in [3.05, 3.63) is 22.8 Å². The van der Waals surface area contributed by atoms with Crippen molar-refractivity contribution in [1.82, 2.24) is 10.3 Å². The van der Waals surface area contributed by atoms with E-state index in [2.05, 4.69) is 15.6 Å². The maximum atomic E-state index is 12.3. The van der Waals surface area contributed by atoms with E-state index in [1.165, 1.54) is 0 Å². The second kappa shape index (κ2) is 6.62. The predicted molar refractivity (Wildman–Crippen MR) is 83.9 cm³/mol. The highest BCUT2D eigenvalue weighted by molar-refractivity contribution is 6.33. The molecule has 0 aliphatic carbocycles. The van der Waals surface area contributed by atoms with E-state index in [1.54, 1.807) is 12.3 Å². The van der Waals surface area contributed by atoms with E-state index in [9.17, 15) is 4.79 Å². The summed E-state index contributed by atoms with van der Waals surface area (Å²) in [4.78, 5) is 16.5. The highest BCUT2D eigenvalue weighted by Gasteiger charge is 2.29. The lowest BCUT2D eigenvalue weighted by Crippen LogP contribution is -2.45. The van der Waals surface area contributed by atoms with Crippen LogP contribution in [0.25, 0.3) is 0 Å². The molecule has 0 saturated carbocycles. The highest BCUT2D eigenvalue weighted by Crippen LogP contribution is 2.24. The smallest absolute Gasteiger partial charge is 0.253 e. The van der Waals surface area contributed by atoms with Crippen LogP contribution in [-0.4, -0.2) is 35.7 Å². The Bertz CT molecular complexity index is 520. The average Bonchev–Trinajstić information content (AvgIpc) is 2.40. The van der Waals surface area contributed by atoms with Gasteiger partial charge in [0, 0.05) is 25.4 Å². The first-order valence-electron chi connectivity index (χ1n) is 7.25. The Morgan fingerprint density at radius 2 is 2.33 bits per heavy atom. The van der Waals surface area contributed by atoms with Gasteiger partial charge in [-0.2, -0.15) is 0 Å². The number of hydrogen-bond donors (Lipinski definition) is 2. The number of nitrogens with one attached hydrogen (secondary N) is 2. The summed E-state index contributed by atoms with van der Waals surface area (Å²) < 4.78 is 5.65. The van der Waals surface area contributed by atoms with Gasteiger partial charge in [0.15, 0.2) is 0 Å². The van der Waals surface area contributed by atoms with Crippen LogP contribution in [0.2, 0.25) is 5.02 Å². The Labute approximate surface area is 130 Å². The summed E-state index contributed by atoms with van der Waals surface area (Å²) in [5.41, 5.74) is 0.284. The standard InChI is InChI=1S/C15H22ClN3O2/c1-4-17-13-12(16)7-10(9-18-13)14(20)19-11-5-6-21-15(2,3)8-11/h7,9,11H,4-6,8H2,1-3H3,(H,17,18)(H,19,20).